The molecule has 1 aliphatic heterocycles. The monoisotopic (exact) mass is 356 g/mol. The summed E-state index contributed by atoms with van der Waals surface area (Å²) in [6.07, 6.45) is 0. The van der Waals surface area contributed by atoms with Gasteiger partial charge in [0.05, 0.1) is 4.47 Å². The zero-order valence-electron chi connectivity index (χ0n) is 13.1. The van der Waals surface area contributed by atoms with Gasteiger partial charge in [0.25, 0.3) is 0 Å². The summed E-state index contributed by atoms with van der Waals surface area (Å²) >= 11 is 3.56. The fourth-order valence-electron chi connectivity index (χ4n) is 2.49. The minimum Gasteiger partial charge on any atom is -0.486 e. The first kappa shape index (κ1) is 16.6. The van der Waals surface area contributed by atoms with Gasteiger partial charge in [-0.3, -0.25) is 0 Å². The van der Waals surface area contributed by atoms with Gasteiger partial charge < -0.3 is 19.7 Å². The maximum absolute atomic E-state index is 5.66. The molecule has 2 rings (SSSR count). The van der Waals surface area contributed by atoms with Gasteiger partial charge >= 0.3 is 0 Å². The molecule has 1 unspecified atom stereocenters. The molecule has 21 heavy (non-hydrogen) atoms. The number of benzene rings is 1. The molecule has 5 heteroatoms. The van der Waals surface area contributed by atoms with Crippen molar-refractivity contribution in [3.05, 3.63) is 22.2 Å². The maximum Gasteiger partial charge on any atom is 0.175 e. The largest absolute Gasteiger partial charge is 0.486 e. The van der Waals surface area contributed by atoms with Crippen molar-refractivity contribution in [3.8, 4) is 11.5 Å². The second-order valence-corrected chi connectivity index (χ2v) is 6.22. The highest BCUT2D eigenvalue weighted by Crippen LogP contribution is 2.38. The van der Waals surface area contributed by atoms with Crippen molar-refractivity contribution < 1.29 is 9.47 Å². The summed E-state index contributed by atoms with van der Waals surface area (Å²) in [5.41, 5.74) is 1.21. The molecule has 1 heterocycles. The summed E-state index contributed by atoms with van der Waals surface area (Å²) in [5.74, 6) is 1.66. The fourth-order valence-corrected chi connectivity index (χ4v) is 3.10. The van der Waals surface area contributed by atoms with Crippen LogP contribution < -0.4 is 14.8 Å². The lowest BCUT2D eigenvalue weighted by Crippen LogP contribution is -2.38. The first-order valence-corrected chi connectivity index (χ1v) is 8.47. The topological polar surface area (TPSA) is 33.7 Å². The van der Waals surface area contributed by atoms with Crippen molar-refractivity contribution in [2.24, 2.45) is 0 Å². The van der Waals surface area contributed by atoms with Crippen molar-refractivity contribution in [2.75, 3.05) is 32.8 Å². The van der Waals surface area contributed by atoms with E-state index in [4.69, 9.17) is 9.47 Å². The molecule has 1 atom stereocenters. The first-order chi connectivity index (χ1) is 10.1. The van der Waals surface area contributed by atoms with Crippen molar-refractivity contribution >= 4 is 15.9 Å². The van der Waals surface area contributed by atoms with Crippen LogP contribution in [-0.2, 0) is 6.54 Å². The smallest absolute Gasteiger partial charge is 0.175 e. The number of likely N-dealkylation sites (N-methyl/N-ethyl adjacent to an activating group) is 1. The maximum atomic E-state index is 5.66. The minimum atomic E-state index is 0.455. The number of halogens is 1. The Morgan fingerprint density at radius 3 is 2.67 bits per heavy atom. The molecule has 4 nitrogen and oxygen atoms in total. The molecule has 0 aromatic heterocycles. The van der Waals surface area contributed by atoms with Gasteiger partial charge in [-0.15, -0.1) is 0 Å². The summed E-state index contributed by atoms with van der Waals surface area (Å²) in [6, 6.07) is 4.62. The highest BCUT2D eigenvalue weighted by Gasteiger charge is 2.16. The van der Waals surface area contributed by atoms with Crippen LogP contribution in [0.25, 0.3) is 0 Å². The Hall–Kier alpha value is -0.780. The summed E-state index contributed by atoms with van der Waals surface area (Å²) in [7, 11) is 0. The average molecular weight is 357 g/mol. The molecule has 1 N–H and O–H groups in total. The SMILES string of the molecule is CCN(CC)CC(C)NCc1cc(Br)c2c(c1)OCCO2. The van der Waals surface area contributed by atoms with E-state index in [1.807, 2.05) is 0 Å². The third-order valence-corrected chi connectivity index (χ3v) is 4.33. The number of fused-ring (bicyclic) bond motifs is 1. The van der Waals surface area contributed by atoms with E-state index < -0.39 is 0 Å². The normalized spacial score (nSPS) is 15.3. The molecule has 0 fully saturated rings. The fraction of sp³-hybridized carbons (Fsp3) is 0.625. The number of nitrogens with zero attached hydrogens (tertiary/aromatic N) is 1. The lowest BCUT2D eigenvalue weighted by atomic mass is 10.1. The van der Waals surface area contributed by atoms with Crippen LogP contribution in [-0.4, -0.2) is 43.8 Å². The lowest BCUT2D eigenvalue weighted by molar-refractivity contribution is 0.170. The molecule has 0 aliphatic carbocycles. The molecule has 0 radical (unpaired) electrons. The van der Waals surface area contributed by atoms with Crippen LogP contribution in [0.3, 0.4) is 0 Å². The summed E-state index contributed by atoms with van der Waals surface area (Å²) < 4.78 is 12.2. The number of hydrogen-bond donors (Lipinski definition) is 1. The molecule has 0 bridgehead atoms. The average Bonchev–Trinajstić information content (AvgIpc) is 2.50. The number of nitrogens with one attached hydrogen (secondary N) is 1. The molecular weight excluding hydrogens is 332 g/mol. The van der Waals surface area contributed by atoms with Gasteiger partial charge in [0.15, 0.2) is 11.5 Å². The van der Waals surface area contributed by atoms with Gasteiger partial charge in [-0.05, 0) is 53.6 Å². The van der Waals surface area contributed by atoms with Crippen LogP contribution in [0.5, 0.6) is 11.5 Å². The summed E-state index contributed by atoms with van der Waals surface area (Å²) in [4.78, 5) is 2.43. The third kappa shape index (κ3) is 4.59. The van der Waals surface area contributed by atoms with E-state index >= 15 is 0 Å². The Labute approximate surface area is 135 Å². The molecular formula is C16H25BrN2O2. The van der Waals surface area contributed by atoms with E-state index in [2.05, 4.69) is 59.1 Å². The van der Waals surface area contributed by atoms with Crippen molar-refractivity contribution in [3.63, 3.8) is 0 Å². The quantitative estimate of drug-likeness (QED) is 0.813. The molecule has 118 valence electrons. The van der Waals surface area contributed by atoms with Crippen LogP contribution in [0, 0.1) is 0 Å². The Kier molecular flexibility index (Phi) is 6.33. The molecule has 0 saturated carbocycles. The van der Waals surface area contributed by atoms with Gasteiger partial charge in [0.2, 0.25) is 0 Å². The number of hydrogen-bond acceptors (Lipinski definition) is 4. The minimum absolute atomic E-state index is 0.455. The van der Waals surface area contributed by atoms with Gasteiger partial charge in [-0.2, -0.15) is 0 Å². The van der Waals surface area contributed by atoms with E-state index in [9.17, 15) is 0 Å². The van der Waals surface area contributed by atoms with Crippen LogP contribution in [0.4, 0.5) is 0 Å². The Morgan fingerprint density at radius 1 is 1.24 bits per heavy atom. The summed E-state index contributed by atoms with van der Waals surface area (Å²) in [5, 5.41) is 3.57. The van der Waals surface area contributed by atoms with E-state index in [0.29, 0.717) is 19.3 Å². The van der Waals surface area contributed by atoms with Gasteiger partial charge in [0, 0.05) is 19.1 Å². The van der Waals surface area contributed by atoms with Crippen molar-refractivity contribution in [2.45, 2.75) is 33.4 Å². The molecule has 1 aliphatic rings. The number of rotatable bonds is 7. The molecule has 1 aromatic carbocycles. The molecule has 0 spiro atoms. The van der Waals surface area contributed by atoms with Gasteiger partial charge in [0.1, 0.15) is 13.2 Å². The second-order valence-electron chi connectivity index (χ2n) is 5.37. The van der Waals surface area contributed by atoms with Gasteiger partial charge in [-0.25, -0.2) is 0 Å². The highest BCUT2D eigenvalue weighted by molar-refractivity contribution is 9.10. The van der Waals surface area contributed by atoms with Crippen LogP contribution >= 0.6 is 15.9 Å². The zero-order chi connectivity index (χ0) is 15.2. The van der Waals surface area contributed by atoms with Crippen LogP contribution in [0.15, 0.2) is 16.6 Å². The Morgan fingerprint density at radius 2 is 1.95 bits per heavy atom. The molecule has 1 aromatic rings. The zero-order valence-corrected chi connectivity index (χ0v) is 14.7. The lowest BCUT2D eigenvalue weighted by Gasteiger charge is -2.24. The first-order valence-electron chi connectivity index (χ1n) is 7.67. The van der Waals surface area contributed by atoms with E-state index in [1.54, 1.807) is 0 Å². The predicted octanol–water partition coefficient (Wildman–Crippen LogP) is 3.04. The Bertz CT molecular complexity index is 464. The van der Waals surface area contributed by atoms with Crippen molar-refractivity contribution in [1.29, 1.82) is 0 Å². The van der Waals surface area contributed by atoms with E-state index in [-0.39, 0.29) is 0 Å². The van der Waals surface area contributed by atoms with Gasteiger partial charge in [-0.1, -0.05) is 13.8 Å². The predicted molar refractivity (Wildman–Crippen MR) is 89.2 cm³/mol. The van der Waals surface area contributed by atoms with E-state index in [0.717, 1.165) is 42.2 Å². The van der Waals surface area contributed by atoms with Crippen LogP contribution in [0.2, 0.25) is 0 Å². The summed E-state index contributed by atoms with van der Waals surface area (Å²) in [6.45, 7) is 12.0. The van der Waals surface area contributed by atoms with Crippen molar-refractivity contribution in [1.82, 2.24) is 10.2 Å². The Balaban J connectivity index is 1.92. The standard InChI is InChI=1S/C16H25BrN2O2/c1-4-19(5-2)11-12(3)18-10-13-8-14(17)16-15(9-13)20-6-7-21-16/h8-9,12,18H,4-7,10-11H2,1-3H3. The number of ether oxygens (including phenoxy) is 2. The van der Waals surface area contributed by atoms with Crippen LogP contribution in [0.1, 0.15) is 26.3 Å². The highest BCUT2D eigenvalue weighted by atomic mass is 79.9. The molecule has 0 saturated heterocycles. The molecule has 0 amide bonds. The second kappa shape index (κ2) is 8.01. The van der Waals surface area contributed by atoms with E-state index in [1.165, 1.54) is 5.56 Å². The third-order valence-electron chi connectivity index (χ3n) is 3.74.